The summed E-state index contributed by atoms with van der Waals surface area (Å²) in [5.41, 5.74) is 1.71. The zero-order valence-electron chi connectivity index (χ0n) is 13.6. The molecule has 0 bridgehead atoms. The average Bonchev–Trinajstić information content (AvgIpc) is 3.22. The number of nitrogens with zero attached hydrogens (tertiary/aromatic N) is 4. The van der Waals surface area contributed by atoms with Crippen molar-refractivity contribution in [1.29, 1.82) is 0 Å². The highest BCUT2D eigenvalue weighted by molar-refractivity contribution is 6.00. The molecule has 0 saturated carbocycles. The minimum atomic E-state index is -2.81. The predicted octanol–water partition coefficient (Wildman–Crippen LogP) is 0.470. The summed E-state index contributed by atoms with van der Waals surface area (Å²) in [4.78, 5) is 29.5. The molecule has 0 aliphatic carbocycles. The van der Waals surface area contributed by atoms with E-state index >= 15 is 0 Å². The molecule has 2 fully saturated rings. The van der Waals surface area contributed by atoms with Gasteiger partial charge < -0.3 is 15.0 Å². The summed E-state index contributed by atoms with van der Waals surface area (Å²) in [5.74, 6) is -1.08. The Morgan fingerprint density at radius 3 is 2.96 bits per heavy atom. The van der Waals surface area contributed by atoms with E-state index in [1.807, 2.05) is 4.90 Å². The van der Waals surface area contributed by atoms with E-state index in [2.05, 4.69) is 25.5 Å². The van der Waals surface area contributed by atoms with Crippen LogP contribution in [0, 0.1) is 0 Å². The lowest BCUT2D eigenvalue weighted by Gasteiger charge is -2.24. The number of amides is 3. The number of hydrogen-bond acceptors (Lipinski definition) is 6. The minimum absolute atomic E-state index is 0.133. The number of rotatable bonds is 4. The van der Waals surface area contributed by atoms with E-state index in [9.17, 15) is 18.4 Å². The summed E-state index contributed by atoms with van der Waals surface area (Å²) >= 11 is 0. The Labute approximate surface area is 146 Å². The van der Waals surface area contributed by atoms with Crippen LogP contribution in [-0.4, -0.2) is 58.9 Å². The number of imide groups is 1. The molecule has 2 aliphatic heterocycles. The first-order chi connectivity index (χ1) is 12.5. The van der Waals surface area contributed by atoms with Gasteiger partial charge >= 0.3 is 12.6 Å². The van der Waals surface area contributed by atoms with Crippen molar-refractivity contribution in [1.82, 2.24) is 25.2 Å². The third-order valence-corrected chi connectivity index (χ3v) is 4.52. The Bertz CT molecular complexity index is 857. The van der Waals surface area contributed by atoms with Gasteiger partial charge in [-0.3, -0.25) is 10.1 Å². The van der Waals surface area contributed by atoms with Crippen molar-refractivity contribution in [3.63, 3.8) is 0 Å². The molecule has 0 spiro atoms. The van der Waals surface area contributed by atoms with Gasteiger partial charge in [0.1, 0.15) is 0 Å². The normalized spacial score (nSPS) is 23.6. The van der Waals surface area contributed by atoms with Crippen molar-refractivity contribution in [3.05, 3.63) is 24.2 Å². The molecule has 26 heavy (non-hydrogen) atoms. The van der Waals surface area contributed by atoms with Gasteiger partial charge in [-0.25, -0.2) is 14.3 Å². The molecule has 2 N–H and O–H groups in total. The fraction of sp³-hybridized carbons (Fsp3) is 0.467. The Balaban J connectivity index is 1.66. The van der Waals surface area contributed by atoms with Crippen LogP contribution in [0.3, 0.4) is 0 Å². The lowest BCUT2D eigenvalue weighted by atomic mass is 10.0. The molecular weight excluding hydrogens is 350 g/mol. The quantitative estimate of drug-likeness (QED) is 0.816. The van der Waals surface area contributed by atoms with Gasteiger partial charge in [-0.05, 0) is 12.5 Å². The standard InChI is InChI=1S/C15H16F2N6O3/c16-14(17)26-8-1-3-22(7-8)11-5-10(21-23-4-2-18-12(11)23)9-6-19-15(25)20-13(9)24/h2,4-5,8-9,14H,1,3,6-7H2,(H2,19,20,24,25)/t8-,9?/m0/s1. The van der Waals surface area contributed by atoms with Crippen molar-refractivity contribution >= 4 is 23.3 Å². The molecule has 0 aromatic carbocycles. The molecular formula is C15H16F2N6O3. The maximum Gasteiger partial charge on any atom is 0.345 e. The molecule has 2 saturated heterocycles. The minimum Gasteiger partial charge on any atom is -0.366 e. The third-order valence-electron chi connectivity index (χ3n) is 4.52. The maximum absolute atomic E-state index is 12.5. The van der Waals surface area contributed by atoms with Crippen molar-refractivity contribution in [2.45, 2.75) is 25.1 Å². The lowest BCUT2D eigenvalue weighted by molar-refractivity contribution is -0.156. The van der Waals surface area contributed by atoms with Crippen molar-refractivity contribution < 1.29 is 23.1 Å². The first kappa shape index (κ1) is 16.6. The summed E-state index contributed by atoms with van der Waals surface area (Å²) in [6.45, 7) is -1.86. The van der Waals surface area contributed by atoms with Crippen LogP contribution in [0.1, 0.15) is 18.0 Å². The molecule has 138 valence electrons. The second-order valence-corrected chi connectivity index (χ2v) is 6.16. The molecule has 0 radical (unpaired) electrons. The van der Waals surface area contributed by atoms with E-state index in [1.165, 1.54) is 4.52 Å². The van der Waals surface area contributed by atoms with E-state index < -0.39 is 30.6 Å². The second kappa shape index (κ2) is 6.48. The van der Waals surface area contributed by atoms with E-state index in [1.54, 1.807) is 18.5 Å². The third kappa shape index (κ3) is 3.05. The smallest absolute Gasteiger partial charge is 0.345 e. The Hall–Kier alpha value is -2.82. The predicted molar refractivity (Wildman–Crippen MR) is 85.0 cm³/mol. The zero-order valence-corrected chi connectivity index (χ0v) is 13.6. The van der Waals surface area contributed by atoms with Gasteiger partial charge in [0.05, 0.1) is 23.4 Å². The molecule has 4 heterocycles. The Morgan fingerprint density at radius 2 is 2.19 bits per heavy atom. The number of urea groups is 1. The number of carbonyl (C=O) groups is 2. The Morgan fingerprint density at radius 1 is 1.35 bits per heavy atom. The first-order valence-electron chi connectivity index (χ1n) is 8.13. The number of halogens is 2. The number of nitrogens with one attached hydrogen (secondary N) is 2. The molecule has 2 aromatic heterocycles. The second-order valence-electron chi connectivity index (χ2n) is 6.16. The van der Waals surface area contributed by atoms with Crippen LogP contribution in [-0.2, 0) is 9.53 Å². The number of hydrogen-bond donors (Lipinski definition) is 2. The molecule has 11 heteroatoms. The highest BCUT2D eigenvalue weighted by atomic mass is 19.3. The summed E-state index contributed by atoms with van der Waals surface area (Å²) in [5, 5.41) is 9.18. The van der Waals surface area contributed by atoms with Gasteiger partial charge in [0.15, 0.2) is 5.65 Å². The molecule has 2 aromatic rings. The SMILES string of the molecule is O=C1NCC(c2cc(N3CC[C@H](OC(F)F)C3)c3nccn3n2)C(=O)N1. The van der Waals surface area contributed by atoms with E-state index in [4.69, 9.17) is 0 Å². The molecule has 1 unspecified atom stereocenters. The van der Waals surface area contributed by atoms with Crippen LogP contribution >= 0.6 is 0 Å². The van der Waals surface area contributed by atoms with Crippen LogP contribution < -0.4 is 15.5 Å². The number of ether oxygens (including phenoxy) is 1. The van der Waals surface area contributed by atoms with Crippen molar-refractivity contribution in [2.75, 3.05) is 24.5 Å². The number of carbonyl (C=O) groups excluding carboxylic acids is 2. The largest absolute Gasteiger partial charge is 0.366 e. The van der Waals surface area contributed by atoms with Crippen molar-refractivity contribution in [2.24, 2.45) is 0 Å². The number of imidazole rings is 1. The number of aromatic nitrogens is 3. The van der Waals surface area contributed by atoms with E-state index in [0.717, 1.165) is 0 Å². The van der Waals surface area contributed by atoms with Crippen LogP contribution in [0.25, 0.3) is 5.65 Å². The fourth-order valence-electron chi connectivity index (χ4n) is 3.30. The van der Waals surface area contributed by atoms with Gasteiger partial charge in [-0.1, -0.05) is 0 Å². The maximum atomic E-state index is 12.5. The van der Waals surface area contributed by atoms with Crippen LogP contribution in [0.4, 0.5) is 19.3 Å². The average molecular weight is 366 g/mol. The molecule has 3 amide bonds. The molecule has 2 atom stereocenters. The number of fused-ring (bicyclic) bond motifs is 1. The van der Waals surface area contributed by atoms with E-state index in [-0.39, 0.29) is 6.54 Å². The zero-order chi connectivity index (χ0) is 18.3. The van der Waals surface area contributed by atoms with Gasteiger partial charge in [-0.2, -0.15) is 13.9 Å². The summed E-state index contributed by atoms with van der Waals surface area (Å²) < 4.78 is 31.1. The summed E-state index contributed by atoms with van der Waals surface area (Å²) in [6, 6.07) is 1.18. The fourth-order valence-corrected chi connectivity index (χ4v) is 3.30. The van der Waals surface area contributed by atoms with Gasteiger partial charge in [0, 0.05) is 32.0 Å². The topological polar surface area (TPSA) is 101 Å². The Kier molecular flexibility index (Phi) is 4.15. The van der Waals surface area contributed by atoms with Gasteiger partial charge in [0.25, 0.3) is 0 Å². The van der Waals surface area contributed by atoms with Crippen molar-refractivity contribution in [3.8, 4) is 0 Å². The van der Waals surface area contributed by atoms with Crippen LogP contribution in [0.15, 0.2) is 18.5 Å². The van der Waals surface area contributed by atoms with Crippen LogP contribution in [0.2, 0.25) is 0 Å². The molecule has 9 nitrogen and oxygen atoms in total. The monoisotopic (exact) mass is 366 g/mol. The van der Waals surface area contributed by atoms with Gasteiger partial charge in [0.2, 0.25) is 5.91 Å². The lowest BCUT2D eigenvalue weighted by Crippen LogP contribution is -2.51. The van der Waals surface area contributed by atoms with Crippen LogP contribution in [0.5, 0.6) is 0 Å². The molecule has 2 aliphatic rings. The highest BCUT2D eigenvalue weighted by Gasteiger charge is 2.32. The summed E-state index contributed by atoms with van der Waals surface area (Å²) in [7, 11) is 0. The number of anilines is 1. The first-order valence-corrected chi connectivity index (χ1v) is 8.13. The summed E-state index contributed by atoms with van der Waals surface area (Å²) in [6.07, 6.45) is 3.11. The highest BCUT2D eigenvalue weighted by Crippen LogP contribution is 2.29. The molecule has 4 rings (SSSR count). The van der Waals surface area contributed by atoms with E-state index in [0.29, 0.717) is 36.5 Å². The number of alkyl halides is 2. The van der Waals surface area contributed by atoms with Gasteiger partial charge in [-0.15, -0.1) is 0 Å².